The van der Waals surface area contributed by atoms with Crippen molar-refractivity contribution in [3.05, 3.63) is 29.8 Å². The lowest BCUT2D eigenvalue weighted by molar-refractivity contribution is -0.00570. The number of hydrogen-bond donors (Lipinski definition) is 2. The van der Waals surface area contributed by atoms with Crippen molar-refractivity contribution >= 4 is 22.9 Å². The van der Waals surface area contributed by atoms with Gasteiger partial charge in [-0.15, -0.1) is 0 Å². The Labute approximate surface area is 181 Å². The van der Waals surface area contributed by atoms with Crippen molar-refractivity contribution in [2.24, 2.45) is 0 Å². The summed E-state index contributed by atoms with van der Waals surface area (Å²) in [6, 6.07) is 7.71. The Hall–Kier alpha value is -2.75. The van der Waals surface area contributed by atoms with E-state index in [-0.39, 0.29) is 18.8 Å². The molecule has 3 aromatic rings. The standard InChI is InChI=1S/C22H28N6O3/c1-14-11-28(12-15(2)31-14)22-25-20-18(21(26-22)27-7-9-30-10-8-27)23-19(24-20)17-6-4-3-5-16(17)13-29/h3-6,14-15,29H,7-13H2,1-2H3,(H,23,24,25,26). The van der Waals surface area contributed by atoms with Gasteiger partial charge in [0.25, 0.3) is 0 Å². The molecular weight excluding hydrogens is 396 g/mol. The van der Waals surface area contributed by atoms with Crippen LogP contribution < -0.4 is 9.80 Å². The number of imidazole rings is 1. The molecule has 2 atom stereocenters. The van der Waals surface area contributed by atoms with E-state index in [1.54, 1.807) is 0 Å². The van der Waals surface area contributed by atoms with E-state index in [1.165, 1.54) is 0 Å². The minimum atomic E-state index is -0.0516. The number of aliphatic hydroxyl groups excluding tert-OH is 1. The summed E-state index contributed by atoms with van der Waals surface area (Å²) in [5, 5.41) is 9.77. The lowest BCUT2D eigenvalue weighted by Gasteiger charge is -2.36. The van der Waals surface area contributed by atoms with Crippen LogP contribution in [0.25, 0.3) is 22.6 Å². The molecule has 5 rings (SSSR count). The molecule has 2 aliphatic rings. The third-order valence-corrected chi connectivity index (χ3v) is 5.77. The van der Waals surface area contributed by atoms with Gasteiger partial charge in [-0.2, -0.15) is 9.97 Å². The Morgan fingerprint density at radius 1 is 1.03 bits per heavy atom. The number of hydrogen-bond acceptors (Lipinski definition) is 8. The van der Waals surface area contributed by atoms with E-state index in [0.29, 0.717) is 30.6 Å². The summed E-state index contributed by atoms with van der Waals surface area (Å²) in [6.07, 6.45) is 0.229. The molecule has 4 heterocycles. The summed E-state index contributed by atoms with van der Waals surface area (Å²) in [5.41, 5.74) is 3.12. The normalized spacial score (nSPS) is 22.3. The Kier molecular flexibility index (Phi) is 5.47. The smallest absolute Gasteiger partial charge is 0.229 e. The predicted molar refractivity (Wildman–Crippen MR) is 118 cm³/mol. The number of anilines is 2. The van der Waals surface area contributed by atoms with Gasteiger partial charge in [-0.1, -0.05) is 24.3 Å². The molecule has 0 radical (unpaired) electrons. The van der Waals surface area contributed by atoms with Crippen LogP contribution in [-0.2, 0) is 16.1 Å². The topological polar surface area (TPSA) is 99.6 Å². The van der Waals surface area contributed by atoms with Gasteiger partial charge in [0, 0.05) is 31.7 Å². The molecule has 2 aromatic heterocycles. The number of H-pyrrole nitrogens is 1. The molecule has 2 saturated heterocycles. The van der Waals surface area contributed by atoms with E-state index >= 15 is 0 Å². The van der Waals surface area contributed by atoms with Crippen molar-refractivity contribution in [1.29, 1.82) is 0 Å². The van der Waals surface area contributed by atoms with Crippen molar-refractivity contribution in [2.45, 2.75) is 32.7 Å². The monoisotopic (exact) mass is 424 g/mol. The van der Waals surface area contributed by atoms with Gasteiger partial charge in [-0.3, -0.25) is 0 Å². The van der Waals surface area contributed by atoms with Crippen molar-refractivity contribution in [3.8, 4) is 11.4 Å². The largest absolute Gasteiger partial charge is 0.392 e. The lowest BCUT2D eigenvalue weighted by Crippen LogP contribution is -2.46. The first-order valence-corrected chi connectivity index (χ1v) is 10.8. The zero-order chi connectivity index (χ0) is 21.4. The fourth-order valence-electron chi connectivity index (χ4n) is 4.37. The van der Waals surface area contributed by atoms with Gasteiger partial charge in [-0.05, 0) is 19.4 Å². The minimum absolute atomic E-state index is 0.0516. The molecule has 9 heteroatoms. The van der Waals surface area contributed by atoms with E-state index < -0.39 is 0 Å². The number of morpholine rings is 2. The van der Waals surface area contributed by atoms with Crippen LogP contribution in [0.4, 0.5) is 11.8 Å². The van der Waals surface area contributed by atoms with Crippen LogP contribution in [0, 0.1) is 0 Å². The third kappa shape index (κ3) is 3.96. The molecule has 164 valence electrons. The Morgan fingerprint density at radius 2 is 1.77 bits per heavy atom. The first-order chi connectivity index (χ1) is 15.1. The maximum absolute atomic E-state index is 9.77. The summed E-state index contributed by atoms with van der Waals surface area (Å²) in [4.78, 5) is 22.5. The van der Waals surface area contributed by atoms with Gasteiger partial charge < -0.3 is 29.4 Å². The molecule has 2 aliphatic heterocycles. The molecule has 9 nitrogen and oxygen atoms in total. The highest BCUT2D eigenvalue weighted by atomic mass is 16.5. The Morgan fingerprint density at radius 3 is 2.52 bits per heavy atom. The average molecular weight is 425 g/mol. The second-order valence-corrected chi connectivity index (χ2v) is 8.21. The van der Waals surface area contributed by atoms with Crippen LogP contribution in [0.2, 0.25) is 0 Å². The molecule has 2 N–H and O–H groups in total. The molecule has 0 aliphatic carbocycles. The highest BCUT2D eigenvalue weighted by Crippen LogP contribution is 2.30. The SMILES string of the molecule is CC1CN(c2nc(N3CCOCC3)c3nc(-c4ccccc4CO)[nH]c3n2)CC(C)O1. The van der Waals surface area contributed by atoms with E-state index in [9.17, 15) is 5.11 Å². The summed E-state index contributed by atoms with van der Waals surface area (Å²) >= 11 is 0. The summed E-state index contributed by atoms with van der Waals surface area (Å²) in [6.45, 7) is 8.43. The van der Waals surface area contributed by atoms with Crippen molar-refractivity contribution in [1.82, 2.24) is 19.9 Å². The number of aromatic nitrogens is 4. The highest BCUT2D eigenvalue weighted by molar-refractivity contribution is 5.87. The number of aromatic amines is 1. The molecule has 0 saturated carbocycles. The van der Waals surface area contributed by atoms with Crippen LogP contribution >= 0.6 is 0 Å². The lowest BCUT2D eigenvalue weighted by atomic mass is 10.1. The second kappa shape index (κ2) is 8.41. The number of ether oxygens (including phenoxy) is 2. The summed E-state index contributed by atoms with van der Waals surface area (Å²) in [5.74, 6) is 2.19. The van der Waals surface area contributed by atoms with Crippen molar-refractivity contribution < 1.29 is 14.6 Å². The maximum Gasteiger partial charge on any atom is 0.229 e. The van der Waals surface area contributed by atoms with Gasteiger partial charge in [0.05, 0.1) is 32.0 Å². The van der Waals surface area contributed by atoms with E-state index in [2.05, 4.69) is 28.6 Å². The quantitative estimate of drug-likeness (QED) is 0.656. The average Bonchev–Trinajstić information content (AvgIpc) is 3.22. The van der Waals surface area contributed by atoms with Gasteiger partial charge >= 0.3 is 0 Å². The van der Waals surface area contributed by atoms with E-state index in [1.807, 2.05) is 24.3 Å². The fraction of sp³-hybridized carbons (Fsp3) is 0.500. The van der Waals surface area contributed by atoms with E-state index in [4.69, 9.17) is 24.4 Å². The molecule has 2 fully saturated rings. The number of aliphatic hydroxyl groups is 1. The number of nitrogens with one attached hydrogen (secondary N) is 1. The zero-order valence-corrected chi connectivity index (χ0v) is 17.9. The number of rotatable bonds is 4. The Bertz CT molecular complexity index is 1050. The van der Waals surface area contributed by atoms with Crippen LogP contribution in [0.1, 0.15) is 19.4 Å². The van der Waals surface area contributed by atoms with Crippen LogP contribution in [0.3, 0.4) is 0 Å². The molecular formula is C22H28N6O3. The molecule has 1 aromatic carbocycles. The number of nitrogens with zero attached hydrogens (tertiary/aromatic N) is 5. The molecule has 31 heavy (non-hydrogen) atoms. The van der Waals surface area contributed by atoms with Crippen LogP contribution in [0.15, 0.2) is 24.3 Å². The van der Waals surface area contributed by atoms with Crippen LogP contribution in [0.5, 0.6) is 0 Å². The molecule has 0 bridgehead atoms. The van der Waals surface area contributed by atoms with Crippen molar-refractivity contribution in [3.63, 3.8) is 0 Å². The van der Waals surface area contributed by atoms with Gasteiger partial charge in [0.1, 0.15) is 5.82 Å². The summed E-state index contributed by atoms with van der Waals surface area (Å²) < 4.78 is 11.4. The molecule has 0 amide bonds. The van der Waals surface area contributed by atoms with Crippen molar-refractivity contribution in [2.75, 3.05) is 49.2 Å². The van der Waals surface area contributed by atoms with Crippen LogP contribution in [-0.4, -0.2) is 76.6 Å². The first-order valence-electron chi connectivity index (χ1n) is 10.8. The maximum atomic E-state index is 9.77. The minimum Gasteiger partial charge on any atom is -0.392 e. The zero-order valence-electron chi connectivity index (χ0n) is 17.9. The first kappa shape index (κ1) is 20.2. The number of fused-ring (bicyclic) bond motifs is 1. The van der Waals surface area contributed by atoms with E-state index in [0.717, 1.165) is 48.6 Å². The second-order valence-electron chi connectivity index (χ2n) is 8.21. The molecule has 0 spiro atoms. The fourth-order valence-corrected chi connectivity index (χ4v) is 4.37. The van der Waals surface area contributed by atoms with Gasteiger partial charge in [0.15, 0.2) is 17.0 Å². The highest BCUT2D eigenvalue weighted by Gasteiger charge is 2.27. The summed E-state index contributed by atoms with van der Waals surface area (Å²) in [7, 11) is 0. The van der Waals surface area contributed by atoms with Gasteiger partial charge in [-0.25, -0.2) is 4.98 Å². The predicted octanol–water partition coefficient (Wildman–Crippen LogP) is 1.96. The third-order valence-electron chi connectivity index (χ3n) is 5.77. The number of benzene rings is 1. The Balaban J connectivity index is 1.62. The molecule has 2 unspecified atom stereocenters. The van der Waals surface area contributed by atoms with Gasteiger partial charge in [0.2, 0.25) is 5.95 Å².